The molecule has 0 aliphatic carbocycles. The molecule has 1 aliphatic heterocycles. The average molecular weight is 208 g/mol. The van der Waals surface area contributed by atoms with E-state index in [1.165, 1.54) is 12.3 Å². The summed E-state index contributed by atoms with van der Waals surface area (Å²) in [6.07, 6.45) is 5.35. The third kappa shape index (κ3) is 2.15. The zero-order valence-corrected chi connectivity index (χ0v) is 8.32. The Morgan fingerprint density at radius 2 is 2.40 bits per heavy atom. The number of nitrogens with zero attached hydrogens (tertiary/aromatic N) is 1. The van der Waals surface area contributed by atoms with Gasteiger partial charge < -0.3 is 10.5 Å². The van der Waals surface area contributed by atoms with Gasteiger partial charge in [-0.1, -0.05) is 0 Å². The maximum Gasteiger partial charge on any atom is 0.146 e. The van der Waals surface area contributed by atoms with Crippen molar-refractivity contribution in [2.45, 2.75) is 18.9 Å². The second kappa shape index (κ2) is 4.40. The monoisotopic (exact) mass is 208 g/mol. The first-order valence-electron chi connectivity index (χ1n) is 4.98. The predicted molar refractivity (Wildman–Crippen MR) is 54.4 cm³/mol. The quantitative estimate of drug-likeness (QED) is 0.807. The van der Waals surface area contributed by atoms with Gasteiger partial charge in [-0.2, -0.15) is 0 Å². The SMILES string of the molecule is NC(C1=CCCCO1)c1ncccc1F. The fraction of sp³-hybridized carbons (Fsp3) is 0.364. The fourth-order valence-corrected chi connectivity index (χ4v) is 1.55. The molecule has 1 aromatic rings. The number of halogens is 1. The molecule has 0 spiro atoms. The van der Waals surface area contributed by atoms with E-state index in [1.807, 2.05) is 6.08 Å². The van der Waals surface area contributed by atoms with E-state index in [0.717, 1.165) is 12.8 Å². The Balaban J connectivity index is 2.23. The molecule has 80 valence electrons. The van der Waals surface area contributed by atoms with E-state index in [-0.39, 0.29) is 11.5 Å². The number of rotatable bonds is 2. The molecule has 0 saturated carbocycles. The van der Waals surface area contributed by atoms with Crippen molar-refractivity contribution in [3.63, 3.8) is 0 Å². The molecular formula is C11H13FN2O. The van der Waals surface area contributed by atoms with Crippen molar-refractivity contribution in [1.82, 2.24) is 4.98 Å². The van der Waals surface area contributed by atoms with Gasteiger partial charge in [0.05, 0.1) is 6.61 Å². The lowest BCUT2D eigenvalue weighted by Gasteiger charge is -2.20. The minimum atomic E-state index is -0.591. The zero-order valence-electron chi connectivity index (χ0n) is 8.32. The van der Waals surface area contributed by atoms with Gasteiger partial charge >= 0.3 is 0 Å². The molecule has 1 aliphatic rings. The maximum absolute atomic E-state index is 13.4. The van der Waals surface area contributed by atoms with Crippen LogP contribution in [-0.2, 0) is 4.74 Å². The van der Waals surface area contributed by atoms with Gasteiger partial charge in [-0.05, 0) is 31.1 Å². The molecule has 2 heterocycles. The van der Waals surface area contributed by atoms with E-state index >= 15 is 0 Å². The molecule has 1 atom stereocenters. The summed E-state index contributed by atoms with van der Waals surface area (Å²) in [6.45, 7) is 0.647. The molecule has 0 radical (unpaired) electrons. The molecule has 15 heavy (non-hydrogen) atoms. The number of pyridine rings is 1. The highest BCUT2D eigenvalue weighted by molar-refractivity contribution is 5.20. The summed E-state index contributed by atoms with van der Waals surface area (Å²) in [6, 6.07) is 2.30. The lowest BCUT2D eigenvalue weighted by Crippen LogP contribution is -2.20. The lowest BCUT2D eigenvalue weighted by atomic mass is 10.1. The van der Waals surface area contributed by atoms with Crippen LogP contribution in [0.5, 0.6) is 0 Å². The van der Waals surface area contributed by atoms with Crippen LogP contribution in [0, 0.1) is 5.82 Å². The summed E-state index contributed by atoms with van der Waals surface area (Å²) in [4.78, 5) is 3.93. The van der Waals surface area contributed by atoms with Gasteiger partial charge in [0, 0.05) is 6.20 Å². The van der Waals surface area contributed by atoms with Gasteiger partial charge in [-0.3, -0.25) is 4.98 Å². The van der Waals surface area contributed by atoms with Gasteiger partial charge in [-0.15, -0.1) is 0 Å². The van der Waals surface area contributed by atoms with Crippen molar-refractivity contribution in [2.75, 3.05) is 6.61 Å². The van der Waals surface area contributed by atoms with Crippen molar-refractivity contribution in [3.8, 4) is 0 Å². The highest BCUT2D eigenvalue weighted by Crippen LogP contribution is 2.23. The van der Waals surface area contributed by atoms with E-state index in [4.69, 9.17) is 10.5 Å². The van der Waals surface area contributed by atoms with E-state index in [0.29, 0.717) is 12.4 Å². The van der Waals surface area contributed by atoms with Crippen LogP contribution in [-0.4, -0.2) is 11.6 Å². The summed E-state index contributed by atoms with van der Waals surface area (Å²) in [7, 11) is 0. The van der Waals surface area contributed by atoms with Gasteiger partial charge in [0.25, 0.3) is 0 Å². The van der Waals surface area contributed by atoms with Gasteiger partial charge in [-0.25, -0.2) is 4.39 Å². The van der Waals surface area contributed by atoms with Crippen LogP contribution in [0.15, 0.2) is 30.2 Å². The third-order valence-corrected chi connectivity index (χ3v) is 2.35. The van der Waals surface area contributed by atoms with Crippen LogP contribution in [0.4, 0.5) is 4.39 Å². The van der Waals surface area contributed by atoms with Gasteiger partial charge in [0.2, 0.25) is 0 Å². The Kier molecular flexibility index (Phi) is 2.97. The summed E-state index contributed by atoms with van der Waals surface area (Å²) in [5.74, 6) is 0.235. The highest BCUT2D eigenvalue weighted by Gasteiger charge is 2.19. The average Bonchev–Trinajstić information content (AvgIpc) is 2.30. The molecule has 2 rings (SSSR count). The molecule has 1 unspecified atom stereocenters. The Hall–Kier alpha value is -1.42. The maximum atomic E-state index is 13.4. The fourth-order valence-electron chi connectivity index (χ4n) is 1.55. The number of ether oxygens (including phenoxy) is 1. The topological polar surface area (TPSA) is 48.1 Å². The van der Waals surface area contributed by atoms with Crippen LogP contribution < -0.4 is 5.73 Å². The number of allylic oxidation sites excluding steroid dienone is 1. The predicted octanol–water partition coefficient (Wildman–Crippen LogP) is 1.91. The first kappa shape index (κ1) is 10.1. The minimum Gasteiger partial charge on any atom is -0.496 e. The largest absolute Gasteiger partial charge is 0.496 e. The number of nitrogens with two attached hydrogens (primary N) is 1. The van der Waals surface area contributed by atoms with Crippen molar-refractivity contribution in [3.05, 3.63) is 41.7 Å². The molecule has 0 saturated heterocycles. The number of hydrogen-bond donors (Lipinski definition) is 1. The second-order valence-corrected chi connectivity index (χ2v) is 3.45. The molecular weight excluding hydrogens is 195 g/mol. The standard InChI is InChI=1S/C11H13FN2O/c12-8-4-3-6-14-11(8)10(13)9-5-1-2-7-15-9/h3-6,10H,1-2,7,13H2. The molecule has 2 N–H and O–H groups in total. The summed E-state index contributed by atoms with van der Waals surface area (Å²) in [5, 5.41) is 0. The van der Waals surface area contributed by atoms with E-state index in [2.05, 4.69) is 4.98 Å². The molecule has 0 aromatic carbocycles. The van der Waals surface area contributed by atoms with Crippen molar-refractivity contribution >= 4 is 0 Å². The Bertz CT molecular complexity index is 379. The molecule has 0 bridgehead atoms. The first-order chi connectivity index (χ1) is 7.29. The Labute approximate surface area is 87.8 Å². The summed E-state index contributed by atoms with van der Waals surface area (Å²) in [5.41, 5.74) is 6.12. The zero-order chi connectivity index (χ0) is 10.7. The third-order valence-electron chi connectivity index (χ3n) is 2.35. The van der Waals surface area contributed by atoms with Crippen LogP contribution in [0.2, 0.25) is 0 Å². The Morgan fingerprint density at radius 3 is 3.07 bits per heavy atom. The van der Waals surface area contributed by atoms with Crippen molar-refractivity contribution in [2.24, 2.45) is 5.73 Å². The second-order valence-electron chi connectivity index (χ2n) is 3.45. The normalized spacial score (nSPS) is 17.9. The van der Waals surface area contributed by atoms with Crippen LogP contribution >= 0.6 is 0 Å². The van der Waals surface area contributed by atoms with Crippen molar-refractivity contribution in [1.29, 1.82) is 0 Å². The minimum absolute atomic E-state index is 0.241. The molecule has 3 nitrogen and oxygen atoms in total. The summed E-state index contributed by atoms with van der Waals surface area (Å²) >= 11 is 0. The first-order valence-corrected chi connectivity index (χ1v) is 4.98. The van der Waals surface area contributed by atoms with E-state index < -0.39 is 6.04 Å². The molecule has 0 fully saturated rings. The summed E-state index contributed by atoms with van der Waals surface area (Å²) < 4.78 is 18.7. The molecule has 4 heteroatoms. The molecule has 0 amide bonds. The smallest absolute Gasteiger partial charge is 0.146 e. The number of hydrogen-bond acceptors (Lipinski definition) is 3. The number of aromatic nitrogens is 1. The van der Waals surface area contributed by atoms with Gasteiger partial charge in [0.1, 0.15) is 23.3 Å². The van der Waals surface area contributed by atoms with Gasteiger partial charge in [0.15, 0.2) is 0 Å². The van der Waals surface area contributed by atoms with Crippen molar-refractivity contribution < 1.29 is 9.13 Å². The van der Waals surface area contributed by atoms with E-state index in [1.54, 1.807) is 6.07 Å². The van der Waals surface area contributed by atoms with Crippen LogP contribution in [0.1, 0.15) is 24.6 Å². The van der Waals surface area contributed by atoms with Crippen LogP contribution in [0.3, 0.4) is 0 Å². The molecule has 1 aromatic heterocycles. The van der Waals surface area contributed by atoms with Crippen LogP contribution in [0.25, 0.3) is 0 Å². The van der Waals surface area contributed by atoms with E-state index in [9.17, 15) is 4.39 Å². The Morgan fingerprint density at radius 1 is 1.53 bits per heavy atom. The lowest BCUT2D eigenvalue weighted by molar-refractivity contribution is 0.174. The highest BCUT2D eigenvalue weighted by atomic mass is 19.1.